The Morgan fingerprint density at radius 3 is 2.71 bits per heavy atom. The second kappa shape index (κ2) is 10.2. The SMILES string of the molecule is OCCCSCCNCC(O)CC1CCCC1. The molecule has 1 atom stereocenters. The molecule has 102 valence electrons. The molecular formula is C13H27NO2S. The predicted molar refractivity (Wildman–Crippen MR) is 74.5 cm³/mol. The molecule has 0 radical (unpaired) electrons. The summed E-state index contributed by atoms with van der Waals surface area (Å²) in [5.74, 6) is 2.87. The molecule has 4 heteroatoms. The fraction of sp³-hybridized carbons (Fsp3) is 1.00. The minimum absolute atomic E-state index is 0.166. The van der Waals surface area contributed by atoms with Gasteiger partial charge in [0.1, 0.15) is 0 Å². The summed E-state index contributed by atoms with van der Waals surface area (Å²) in [5.41, 5.74) is 0. The van der Waals surface area contributed by atoms with Gasteiger partial charge in [0.2, 0.25) is 0 Å². The van der Waals surface area contributed by atoms with Crippen LogP contribution < -0.4 is 5.32 Å². The molecule has 1 aliphatic carbocycles. The van der Waals surface area contributed by atoms with Crippen molar-refractivity contribution in [3.8, 4) is 0 Å². The summed E-state index contributed by atoms with van der Waals surface area (Å²) in [7, 11) is 0. The summed E-state index contributed by atoms with van der Waals surface area (Å²) in [6.07, 6.45) is 7.03. The fourth-order valence-electron chi connectivity index (χ4n) is 2.40. The number of hydrogen-bond donors (Lipinski definition) is 3. The van der Waals surface area contributed by atoms with Crippen LogP contribution in [0.5, 0.6) is 0 Å². The normalized spacial score (nSPS) is 18.7. The molecule has 0 bridgehead atoms. The first-order chi connectivity index (χ1) is 8.33. The van der Waals surface area contributed by atoms with E-state index in [1.807, 2.05) is 11.8 Å². The van der Waals surface area contributed by atoms with E-state index >= 15 is 0 Å². The van der Waals surface area contributed by atoms with Crippen molar-refractivity contribution in [2.24, 2.45) is 5.92 Å². The van der Waals surface area contributed by atoms with Crippen LogP contribution in [0.3, 0.4) is 0 Å². The highest BCUT2D eigenvalue weighted by atomic mass is 32.2. The summed E-state index contributed by atoms with van der Waals surface area (Å²) in [4.78, 5) is 0. The zero-order valence-electron chi connectivity index (χ0n) is 10.7. The zero-order valence-corrected chi connectivity index (χ0v) is 11.6. The quantitative estimate of drug-likeness (QED) is 0.523. The topological polar surface area (TPSA) is 52.5 Å². The lowest BCUT2D eigenvalue weighted by Gasteiger charge is -2.15. The molecule has 0 amide bonds. The molecular weight excluding hydrogens is 234 g/mol. The second-order valence-corrected chi connectivity index (χ2v) is 6.16. The van der Waals surface area contributed by atoms with E-state index in [4.69, 9.17) is 5.11 Å². The van der Waals surface area contributed by atoms with Crippen LogP contribution >= 0.6 is 11.8 Å². The summed E-state index contributed by atoms with van der Waals surface area (Å²) >= 11 is 1.86. The van der Waals surface area contributed by atoms with Crippen molar-refractivity contribution >= 4 is 11.8 Å². The van der Waals surface area contributed by atoms with Gasteiger partial charge in [-0.2, -0.15) is 11.8 Å². The van der Waals surface area contributed by atoms with E-state index in [9.17, 15) is 5.11 Å². The monoisotopic (exact) mass is 261 g/mol. The third-order valence-electron chi connectivity index (χ3n) is 3.33. The molecule has 0 aromatic heterocycles. The van der Waals surface area contributed by atoms with E-state index in [0.29, 0.717) is 6.61 Å². The Balaban J connectivity index is 1.84. The molecule has 0 aliphatic heterocycles. The lowest BCUT2D eigenvalue weighted by Crippen LogP contribution is -2.29. The number of aliphatic hydroxyl groups excluding tert-OH is 2. The predicted octanol–water partition coefficient (Wildman–Crippen LogP) is 1.63. The summed E-state index contributed by atoms with van der Waals surface area (Å²) in [6.45, 7) is 1.98. The van der Waals surface area contributed by atoms with Gasteiger partial charge in [-0.05, 0) is 24.5 Å². The third kappa shape index (κ3) is 8.03. The van der Waals surface area contributed by atoms with Gasteiger partial charge in [-0.3, -0.25) is 0 Å². The Morgan fingerprint density at radius 2 is 2.00 bits per heavy atom. The van der Waals surface area contributed by atoms with Crippen molar-refractivity contribution in [3.63, 3.8) is 0 Å². The number of hydrogen-bond acceptors (Lipinski definition) is 4. The highest BCUT2D eigenvalue weighted by molar-refractivity contribution is 7.99. The Labute approximate surface area is 109 Å². The highest BCUT2D eigenvalue weighted by Gasteiger charge is 2.18. The molecule has 0 spiro atoms. The van der Waals surface area contributed by atoms with Gasteiger partial charge in [0.05, 0.1) is 6.10 Å². The molecule has 1 aliphatic rings. The summed E-state index contributed by atoms with van der Waals surface area (Å²) in [5, 5.41) is 21.8. The lowest BCUT2D eigenvalue weighted by molar-refractivity contribution is 0.141. The van der Waals surface area contributed by atoms with Crippen LogP contribution in [0.15, 0.2) is 0 Å². The second-order valence-electron chi connectivity index (χ2n) is 4.93. The van der Waals surface area contributed by atoms with Crippen molar-refractivity contribution < 1.29 is 10.2 Å². The van der Waals surface area contributed by atoms with Crippen molar-refractivity contribution in [3.05, 3.63) is 0 Å². The van der Waals surface area contributed by atoms with Gasteiger partial charge in [0.15, 0.2) is 0 Å². The summed E-state index contributed by atoms with van der Waals surface area (Å²) < 4.78 is 0. The van der Waals surface area contributed by atoms with Gasteiger partial charge in [-0.15, -0.1) is 0 Å². The smallest absolute Gasteiger partial charge is 0.0667 e. The van der Waals surface area contributed by atoms with Crippen LogP contribution in [-0.4, -0.2) is 47.5 Å². The van der Waals surface area contributed by atoms with E-state index in [0.717, 1.165) is 43.4 Å². The van der Waals surface area contributed by atoms with E-state index < -0.39 is 0 Å². The molecule has 3 nitrogen and oxygen atoms in total. The standard InChI is InChI=1S/C13H27NO2S/c15-7-3-8-17-9-6-14-11-13(16)10-12-4-1-2-5-12/h12-16H,1-11H2. The average Bonchev–Trinajstić information content (AvgIpc) is 2.80. The molecule has 3 N–H and O–H groups in total. The minimum Gasteiger partial charge on any atom is -0.396 e. The average molecular weight is 261 g/mol. The first-order valence-corrected chi connectivity index (χ1v) is 8.05. The summed E-state index contributed by atoms with van der Waals surface area (Å²) in [6, 6.07) is 0. The minimum atomic E-state index is -0.166. The molecule has 0 aromatic carbocycles. The zero-order chi connectivity index (χ0) is 12.3. The Morgan fingerprint density at radius 1 is 1.24 bits per heavy atom. The first kappa shape index (κ1) is 15.3. The van der Waals surface area contributed by atoms with Crippen LogP contribution in [0.25, 0.3) is 0 Å². The van der Waals surface area contributed by atoms with Crippen molar-refractivity contribution in [1.82, 2.24) is 5.32 Å². The van der Waals surface area contributed by atoms with Crippen molar-refractivity contribution in [2.45, 2.75) is 44.6 Å². The van der Waals surface area contributed by atoms with Gasteiger partial charge in [0.25, 0.3) is 0 Å². The van der Waals surface area contributed by atoms with E-state index in [1.54, 1.807) is 0 Å². The number of nitrogens with one attached hydrogen (secondary N) is 1. The lowest BCUT2D eigenvalue weighted by atomic mass is 10.0. The number of thioether (sulfide) groups is 1. The number of rotatable bonds is 10. The van der Waals surface area contributed by atoms with E-state index in [1.165, 1.54) is 25.7 Å². The third-order valence-corrected chi connectivity index (χ3v) is 4.40. The largest absolute Gasteiger partial charge is 0.396 e. The van der Waals surface area contributed by atoms with Gasteiger partial charge < -0.3 is 15.5 Å². The maximum atomic E-state index is 9.85. The van der Waals surface area contributed by atoms with Gasteiger partial charge in [0, 0.05) is 25.4 Å². The van der Waals surface area contributed by atoms with Gasteiger partial charge >= 0.3 is 0 Å². The van der Waals surface area contributed by atoms with E-state index in [2.05, 4.69) is 5.32 Å². The molecule has 17 heavy (non-hydrogen) atoms. The Bertz CT molecular complexity index is 175. The fourth-order valence-corrected chi connectivity index (χ4v) is 3.22. The van der Waals surface area contributed by atoms with Crippen LogP contribution in [0.1, 0.15) is 38.5 Å². The van der Waals surface area contributed by atoms with E-state index in [-0.39, 0.29) is 6.10 Å². The molecule has 0 aromatic rings. The molecule has 0 saturated heterocycles. The van der Waals surface area contributed by atoms with Crippen LogP contribution in [0.4, 0.5) is 0 Å². The molecule has 1 fully saturated rings. The Kier molecular flexibility index (Phi) is 9.16. The molecule has 1 saturated carbocycles. The van der Waals surface area contributed by atoms with Gasteiger partial charge in [-0.25, -0.2) is 0 Å². The van der Waals surface area contributed by atoms with Gasteiger partial charge in [-0.1, -0.05) is 25.7 Å². The molecule has 1 unspecified atom stereocenters. The maximum absolute atomic E-state index is 9.85. The maximum Gasteiger partial charge on any atom is 0.0667 e. The molecule has 0 heterocycles. The number of aliphatic hydroxyl groups is 2. The van der Waals surface area contributed by atoms with Crippen LogP contribution in [0.2, 0.25) is 0 Å². The Hall–Kier alpha value is 0.230. The van der Waals surface area contributed by atoms with Crippen molar-refractivity contribution in [1.29, 1.82) is 0 Å². The van der Waals surface area contributed by atoms with Crippen molar-refractivity contribution in [2.75, 3.05) is 31.2 Å². The molecule has 1 rings (SSSR count). The van der Waals surface area contributed by atoms with Crippen LogP contribution in [0, 0.1) is 5.92 Å². The first-order valence-electron chi connectivity index (χ1n) is 6.90. The highest BCUT2D eigenvalue weighted by Crippen LogP contribution is 2.28. The van der Waals surface area contributed by atoms with Crippen LogP contribution in [-0.2, 0) is 0 Å².